The smallest absolute Gasteiger partial charge is 0.289 e. The molecule has 1 heterocycles. The lowest BCUT2D eigenvalue weighted by Crippen LogP contribution is -2.17. The van der Waals surface area contributed by atoms with Crippen molar-refractivity contribution in [2.24, 2.45) is 5.10 Å². The van der Waals surface area contributed by atoms with Crippen molar-refractivity contribution in [3.8, 4) is 17.0 Å². The Balaban J connectivity index is 1.45. The summed E-state index contributed by atoms with van der Waals surface area (Å²) in [4.78, 5) is 12.2. The number of nitrogens with zero attached hydrogens (tertiary/aromatic N) is 2. The molecule has 31 heavy (non-hydrogen) atoms. The van der Waals surface area contributed by atoms with Crippen LogP contribution in [-0.4, -0.2) is 28.9 Å². The number of nitrogens with one attached hydrogen (secondary N) is 2. The molecule has 0 fully saturated rings. The van der Waals surface area contributed by atoms with Crippen LogP contribution in [0.25, 0.3) is 11.3 Å². The first-order valence-electron chi connectivity index (χ1n) is 10.9. The molecule has 0 bridgehead atoms. The molecule has 1 amide bonds. The van der Waals surface area contributed by atoms with Gasteiger partial charge in [0.05, 0.1) is 18.5 Å². The van der Waals surface area contributed by atoms with Crippen molar-refractivity contribution in [2.45, 2.75) is 45.4 Å². The van der Waals surface area contributed by atoms with Crippen molar-refractivity contribution < 1.29 is 9.53 Å². The van der Waals surface area contributed by atoms with Crippen molar-refractivity contribution in [3.05, 3.63) is 71.9 Å². The van der Waals surface area contributed by atoms with Crippen LogP contribution in [0.15, 0.2) is 65.8 Å². The maximum atomic E-state index is 12.2. The van der Waals surface area contributed by atoms with Crippen LogP contribution in [0.3, 0.4) is 0 Å². The predicted molar refractivity (Wildman–Crippen MR) is 124 cm³/mol. The summed E-state index contributed by atoms with van der Waals surface area (Å²) in [5.74, 6) is 0.505. The van der Waals surface area contributed by atoms with E-state index in [1.165, 1.54) is 32.1 Å². The standard InChI is InChI=1S/C25H30N4O2/c1-2-3-4-5-6-10-17-31-22-15-13-21(14-16-22)23-18-24(28-27-23)25(30)29-26-19-20-11-8-7-9-12-20/h7-9,11-16,18-19H,2-6,10,17H2,1H3,(H,27,28)(H,29,30)/b26-19-. The van der Waals surface area contributed by atoms with Gasteiger partial charge >= 0.3 is 0 Å². The SMILES string of the molecule is CCCCCCCCOc1ccc(-c2cc(C(=O)N/N=C\c3ccccc3)[nH]n2)cc1. The number of ether oxygens (including phenoxy) is 1. The number of hydrogen-bond donors (Lipinski definition) is 2. The Labute approximate surface area is 183 Å². The number of carbonyl (C=O) groups is 1. The molecule has 0 unspecified atom stereocenters. The Morgan fingerprint density at radius 3 is 2.55 bits per heavy atom. The summed E-state index contributed by atoms with van der Waals surface area (Å²) in [6.45, 7) is 2.97. The molecular weight excluding hydrogens is 388 g/mol. The van der Waals surface area contributed by atoms with E-state index < -0.39 is 0 Å². The number of aromatic nitrogens is 2. The molecule has 0 spiro atoms. The Hall–Kier alpha value is -3.41. The average Bonchev–Trinajstić information content (AvgIpc) is 3.30. The number of aromatic amines is 1. The zero-order valence-electron chi connectivity index (χ0n) is 18.0. The number of unbranched alkanes of at least 4 members (excludes halogenated alkanes) is 5. The normalized spacial score (nSPS) is 11.0. The number of benzene rings is 2. The first kappa shape index (κ1) is 22.3. The van der Waals surface area contributed by atoms with Gasteiger partial charge in [-0.15, -0.1) is 0 Å². The van der Waals surface area contributed by atoms with E-state index in [9.17, 15) is 4.79 Å². The molecular formula is C25H30N4O2. The summed E-state index contributed by atoms with van der Waals surface area (Å²) in [5.41, 5.74) is 5.37. The van der Waals surface area contributed by atoms with Crippen molar-refractivity contribution >= 4 is 12.1 Å². The highest BCUT2D eigenvalue weighted by Crippen LogP contribution is 2.21. The van der Waals surface area contributed by atoms with E-state index in [1.54, 1.807) is 12.3 Å². The second kappa shape index (κ2) is 12.3. The number of carbonyl (C=O) groups excluding carboxylic acids is 1. The number of H-pyrrole nitrogens is 1. The molecule has 0 aliphatic carbocycles. The van der Waals surface area contributed by atoms with Gasteiger partial charge in [0.2, 0.25) is 0 Å². The first-order valence-corrected chi connectivity index (χ1v) is 10.9. The van der Waals surface area contributed by atoms with Crippen LogP contribution in [0.2, 0.25) is 0 Å². The van der Waals surface area contributed by atoms with E-state index in [0.29, 0.717) is 11.4 Å². The van der Waals surface area contributed by atoms with Gasteiger partial charge in [-0.25, -0.2) is 5.43 Å². The molecule has 3 aromatic rings. The molecule has 0 radical (unpaired) electrons. The van der Waals surface area contributed by atoms with E-state index in [4.69, 9.17) is 4.74 Å². The number of hydrazone groups is 1. The lowest BCUT2D eigenvalue weighted by molar-refractivity contribution is 0.0950. The molecule has 0 saturated carbocycles. The second-order valence-corrected chi connectivity index (χ2v) is 7.42. The largest absolute Gasteiger partial charge is 0.494 e. The fraction of sp³-hybridized carbons (Fsp3) is 0.320. The molecule has 2 N–H and O–H groups in total. The minimum atomic E-state index is -0.343. The van der Waals surface area contributed by atoms with Crippen molar-refractivity contribution in [3.63, 3.8) is 0 Å². The fourth-order valence-corrected chi connectivity index (χ4v) is 3.15. The average molecular weight is 419 g/mol. The van der Waals surface area contributed by atoms with Crippen molar-refractivity contribution in [2.75, 3.05) is 6.61 Å². The van der Waals surface area contributed by atoms with Gasteiger partial charge in [0, 0.05) is 5.56 Å². The third-order valence-corrected chi connectivity index (χ3v) is 4.92. The van der Waals surface area contributed by atoms with Gasteiger partial charge in [-0.1, -0.05) is 69.4 Å². The molecule has 3 rings (SSSR count). The van der Waals surface area contributed by atoms with Crippen LogP contribution in [0.4, 0.5) is 0 Å². The zero-order valence-corrected chi connectivity index (χ0v) is 18.0. The Kier molecular flexibility index (Phi) is 8.86. The summed E-state index contributed by atoms with van der Waals surface area (Å²) in [5, 5.41) is 11.0. The van der Waals surface area contributed by atoms with E-state index in [2.05, 4.69) is 27.6 Å². The van der Waals surface area contributed by atoms with Gasteiger partial charge in [-0.05, 0) is 42.3 Å². The molecule has 2 aromatic carbocycles. The molecule has 0 saturated heterocycles. The minimum absolute atomic E-state index is 0.343. The molecule has 0 aliphatic rings. The summed E-state index contributed by atoms with van der Waals surface area (Å²) in [6, 6.07) is 19.0. The van der Waals surface area contributed by atoms with Crippen LogP contribution in [0.5, 0.6) is 5.75 Å². The summed E-state index contributed by atoms with van der Waals surface area (Å²) in [7, 11) is 0. The fourth-order valence-electron chi connectivity index (χ4n) is 3.15. The van der Waals surface area contributed by atoms with Crippen LogP contribution in [-0.2, 0) is 0 Å². The molecule has 1 aromatic heterocycles. The number of hydrogen-bond acceptors (Lipinski definition) is 4. The monoisotopic (exact) mass is 418 g/mol. The first-order chi connectivity index (χ1) is 15.3. The molecule has 0 atom stereocenters. The minimum Gasteiger partial charge on any atom is -0.494 e. The number of rotatable bonds is 12. The van der Waals surface area contributed by atoms with E-state index in [0.717, 1.165) is 29.9 Å². The van der Waals surface area contributed by atoms with E-state index in [1.807, 2.05) is 54.6 Å². The van der Waals surface area contributed by atoms with E-state index in [-0.39, 0.29) is 5.91 Å². The van der Waals surface area contributed by atoms with Crippen molar-refractivity contribution in [1.82, 2.24) is 15.6 Å². The summed E-state index contributed by atoms with van der Waals surface area (Å²) >= 11 is 0. The van der Waals surface area contributed by atoms with Gasteiger partial charge < -0.3 is 4.74 Å². The van der Waals surface area contributed by atoms with E-state index >= 15 is 0 Å². The molecule has 6 nitrogen and oxygen atoms in total. The van der Waals surface area contributed by atoms with Crippen molar-refractivity contribution in [1.29, 1.82) is 0 Å². The lowest BCUT2D eigenvalue weighted by Gasteiger charge is -2.06. The van der Waals surface area contributed by atoms with Gasteiger partial charge in [0.15, 0.2) is 0 Å². The molecule has 162 valence electrons. The maximum absolute atomic E-state index is 12.2. The second-order valence-electron chi connectivity index (χ2n) is 7.42. The topological polar surface area (TPSA) is 79.4 Å². The molecule has 0 aliphatic heterocycles. The van der Waals surface area contributed by atoms with Crippen LogP contribution in [0, 0.1) is 0 Å². The quantitative estimate of drug-likeness (QED) is 0.229. The van der Waals surface area contributed by atoms with Crippen LogP contribution >= 0.6 is 0 Å². The van der Waals surface area contributed by atoms with Gasteiger partial charge in [-0.3, -0.25) is 9.89 Å². The third kappa shape index (κ3) is 7.41. The Bertz CT molecular complexity index is 949. The number of amides is 1. The summed E-state index contributed by atoms with van der Waals surface area (Å²) in [6.07, 6.45) is 9.07. The summed E-state index contributed by atoms with van der Waals surface area (Å²) < 4.78 is 5.82. The third-order valence-electron chi connectivity index (χ3n) is 4.92. The van der Waals surface area contributed by atoms with Gasteiger partial charge in [-0.2, -0.15) is 10.2 Å². The van der Waals surface area contributed by atoms with Gasteiger partial charge in [0.25, 0.3) is 5.91 Å². The predicted octanol–water partition coefficient (Wildman–Crippen LogP) is 5.58. The molecule has 6 heteroatoms. The Morgan fingerprint density at radius 2 is 1.77 bits per heavy atom. The van der Waals surface area contributed by atoms with Crippen LogP contribution < -0.4 is 10.2 Å². The zero-order chi connectivity index (χ0) is 21.7. The highest BCUT2D eigenvalue weighted by Gasteiger charge is 2.10. The maximum Gasteiger partial charge on any atom is 0.289 e. The lowest BCUT2D eigenvalue weighted by atomic mass is 10.1. The highest BCUT2D eigenvalue weighted by atomic mass is 16.5. The van der Waals surface area contributed by atoms with Crippen LogP contribution in [0.1, 0.15) is 61.5 Å². The highest BCUT2D eigenvalue weighted by molar-refractivity contribution is 5.94. The Morgan fingerprint density at radius 1 is 1.03 bits per heavy atom. The van der Waals surface area contributed by atoms with Gasteiger partial charge in [0.1, 0.15) is 11.4 Å².